The summed E-state index contributed by atoms with van der Waals surface area (Å²) in [5, 5.41) is 2.89. The van der Waals surface area contributed by atoms with Crippen LogP contribution in [0.15, 0.2) is 36.7 Å². The van der Waals surface area contributed by atoms with Crippen LogP contribution in [0, 0.1) is 0 Å². The summed E-state index contributed by atoms with van der Waals surface area (Å²) in [6, 6.07) is 5.51. The Bertz CT molecular complexity index is 722. The van der Waals surface area contributed by atoms with Gasteiger partial charge in [-0.15, -0.1) is 0 Å². The quantitative estimate of drug-likeness (QED) is 0.562. The monoisotopic (exact) mass is 343 g/mol. The van der Waals surface area contributed by atoms with Crippen LogP contribution in [-0.4, -0.2) is 36.2 Å². The van der Waals surface area contributed by atoms with Gasteiger partial charge in [-0.3, -0.25) is 4.79 Å². The molecule has 1 amide bonds. The van der Waals surface area contributed by atoms with Crippen molar-refractivity contribution in [2.75, 3.05) is 20.8 Å². The van der Waals surface area contributed by atoms with Crippen molar-refractivity contribution in [2.24, 2.45) is 0 Å². The first-order valence-electron chi connectivity index (χ1n) is 8.35. The van der Waals surface area contributed by atoms with E-state index in [1.165, 1.54) is 6.08 Å². The third kappa shape index (κ3) is 5.38. The Morgan fingerprint density at radius 1 is 1.28 bits per heavy atom. The number of hydrogen-bond donors (Lipinski definition) is 1. The molecule has 134 valence electrons. The van der Waals surface area contributed by atoms with Crippen molar-refractivity contribution in [3.05, 3.63) is 48.1 Å². The molecule has 0 atom stereocenters. The largest absolute Gasteiger partial charge is 0.493 e. The van der Waals surface area contributed by atoms with Crippen LogP contribution in [-0.2, 0) is 17.8 Å². The third-order valence-corrected chi connectivity index (χ3v) is 3.83. The molecule has 0 fully saturated rings. The van der Waals surface area contributed by atoms with E-state index in [2.05, 4.69) is 21.8 Å². The average Bonchev–Trinajstić information content (AvgIpc) is 3.10. The Morgan fingerprint density at radius 3 is 2.80 bits per heavy atom. The summed E-state index contributed by atoms with van der Waals surface area (Å²) < 4.78 is 12.6. The van der Waals surface area contributed by atoms with Crippen molar-refractivity contribution in [2.45, 2.75) is 26.3 Å². The maximum absolute atomic E-state index is 11.9. The number of rotatable bonds is 9. The second-order valence-electron chi connectivity index (χ2n) is 5.48. The van der Waals surface area contributed by atoms with Crippen LogP contribution in [0.5, 0.6) is 11.5 Å². The van der Waals surface area contributed by atoms with Gasteiger partial charge in [0.15, 0.2) is 11.5 Å². The maximum atomic E-state index is 11.9. The lowest BCUT2D eigenvalue weighted by Crippen LogP contribution is -2.23. The fourth-order valence-electron chi connectivity index (χ4n) is 2.51. The van der Waals surface area contributed by atoms with E-state index in [-0.39, 0.29) is 5.91 Å². The summed E-state index contributed by atoms with van der Waals surface area (Å²) >= 11 is 0. The van der Waals surface area contributed by atoms with Gasteiger partial charge in [0.25, 0.3) is 0 Å². The van der Waals surface area contributed by atoms with Crippen molar-refractivity contribution in [3.63, 3.8) is 0 Å². The number of imidazole rings is 1. The SMILES string of the molecule is CCc1nccn1CCCNC(=O)/C=C/c1ccc(OC)c(OC)c1. The number of nitrogens with zero attached hydrogens (tertiary/aromatic N) is 2. The van der Waals surface area contributed by atoms with Crippen LogP contribution in [0.25, 0.3) is 6.08 Å². The maximum Gasteiger partial charge on any atom is 0.244 e. The molecule has 25 heavy (non-hydrogen) atoms. The van der Waals surface area contributed by atoms with Gasteiger partial charge in [0, 0.05) is 38.0 Å². The van der Waals surface area contributed by atoms with Crippen LogP contribution < -0.4 is 14.8 Å². The normalized spacial score (nSPS) is 10.8. The zero-order valence-corrected chi connectivity index (χ0v) is 15.0. The van der Waals surface area contributed by atoms with E-state index < -0.39 is 0 Å². The zero-order valence-electron chi connectivity index (χ0n) is 15.0. The number of carbonyl (C=O) groups is 1. The molecule has 0 bridgehead atoms. The average molecular weight is 343 g/mol. The lowest BCUT2D eigenvalue weighted by Gasteiger charge is -2.08. The Hall–Kier alpha value is -2.76. The molecule has 0 saturated carbocycles. The van der Waals surface area contributed by atoms with E-state index in [9.17, 15) is 4.79 Å². The van der Waals surface area contributed by atoms with Gasteiger partial charge in [-0.25, -0.2) is 4.98 Å². The van der Waals surface area contributed by atoms with Crippen molar-refractivity contribution in [1.29, 1.82) is 0 Å². The number of carbonyl (C=O) groups excluding carboxylic acids is 1. The zero-order chi connectivity index (χ0) is 18.1. The van der Waals surface area contributed by atoms with Crippen LogP contribution in [0.1, 0.15) is 24.7 Å². The molecule has 0 aliphatic carbocycles. The molecule has 1 N–H and O–H groups in total. The highest BCUT2D eigenvalue weighted by molar-refractivity contribution is 5.91. The fourth-order valence-corrected chi connectivity index (χ4v) is 2.51. The van der Waals surface area contributed by atoms with Gasteiger partial charge in [0.2, 0.25) is 5.91 Å². The number of hydrogen-bond acceptors (Lipinski definition) is 4. The van der Waals surface area contributed by atoms with E-state index in [1.54, 1.807) is 20.3 Å². The Balaban J connectivity index is 1.79. The van der Waals surface area contributed by atoms with Gasteiger partial charge in [0.1, 0.15) is 5.82 Å². The number of ether oxygens (including phenoxy) is 2. The second-order valence-corrected chi connectivity index (χ2v) is 5.48. The molecule has 0 aliphatic rings. The molecule has 0 saturated heterocycles. The minimum absolute atomic E-state index is 0.115. The number of methoxy groups -OCH3 is 2. The predicted molar refractivity (Wildman–Crippen MR) is 97.8 cm³/mol. The minimum atomic E-state index is -0.115. The van der Waals surface area contributed by atoms with Gasteiger partial charge in [-0.1, -0.05) is 13.0 Å². The highest BCUT2D eigenvalue weighted by atomic mass is 16.5. The number of nitrogens with one attached hydrogen (secondary N) is 1. The summed E-state index contributed by atoms with van der Waals surface area (Å²) in [6.07, 6.45) is 8.83. The molecule has 2 rings (SSSR count). The molecule has 1 aromatic carbocycles. The molecule has 0 radical (unpaired) electrons. The van der Waals surface area contributed by atoms with Crippen LogP contribution in [0.4, 0.5) is 0 Å². The topological polar surface area (TPSA) is 65.4 Å². The molecule has 2 aromatic rings. The van der Waals surface area contributed by atoms with Gasteiger partial charge in [0.05, 0.1) is 14.2 Å². The van der Waals surface area contributed by atoms with Crippen molar-refractivity contribution < 1.29 is 14.3 Å². The van der Waals surface area contributed by atoms with Crippen molar-refractivity contribution in [1.82, 2.24) is 14.9 Å². The molecule has 1 aromatic heterocycles. The second kappa shape index (κ2) is 9.52. The highest BCUT2D eigenvalue weighted by Crippen LogP contribution is 2.27. The van der Waals surface area contributed by atoms with E-state index in [0.717, 1.165) is 30.8 Å². The lowest BCUT2D eigenvalue weighted by molar-refractivity contribution is -0.116. The van der Waals surface area contributed by atoms with E-state index in [0.29, 0.717) is 18.0 Å². The van der Waals surface area contributed by atoms with Gasteiger partial charge in [-0.05, 0) is 30.2 Å². The summed E-state index contributed by atoms with van der Waals surface area (Å²) in [6.45, 7) is 3.55. The van der Waals surface area contributed by atoms with Crippen LogP contribution >= 0.6 is 0 Å². The molecule has 6 nitrogen and oxygen atoms in total. The third-order valence-electron chi connectivity index (χ3n) is 3.83. The van der Waals surface area contributed by atoms with Gasteiger partial charge in [-0.2, -0.15) is 0 Å². The molecule has 6 heteroatoms. The minimum Gasteiger partial charge on any atom is -0.493 e. The summed E-state index contributed by atoms with van der Waals surface area (Å²) in [5.74, 6) is 2.25. The molecular formula is C19H25N3O3. The first kappa shape index (κ1) is 18.6. The standard InChI is InChI=1S/C19H25N3O3/c1-4-18-20-11-13-22(18)12-5-10-21-19(23)9-7-15-6-8-16(24-2)17(14-15)25-3/h6-9,11,13-14H,4-5,10,12H2,1-3H3,(H,21,23)/b9-7+. The highest BCUT2D eigenvalue weighted by Gasteiger charge is 2.03. The van der Waals surface area contributed by atoms with Crippen molar-refractivity contribution in [3.8, 4) is 11.5 Å². The van der Waals surface area contributed by atoms with Gasteiger partial charge >= 0.3 is 0 Å². The Labute approximate surface area is 148 Å². The first-order chi connectivity index (χ1) is 12.2. The van der Waals surface area contributed by atoms with Crippen molar-refractivity contribution >= 4 is 12.0 Å². The fraction of sp³-hybridized carbons (Fsp3) is 0.368. The number of aryl methyl sites for hydroxylation is 2. The molecule has 0 spiro atoms. The van der Waals surface area contributed by atoms with Crippen LogP contribution in [0.3, 0.4) is 0 Å². The first-order valence-corrected chi connectivity index (χ1v) is 8.35. The van der Waals surface area contributed by atoms with Crippen LogP contribution in [0.2, 0.25) is 0 Å². The number of amides is 1. The Kier molecular flexibility index (Phi) is 7.07. The molecule has 0 unspecified atom stereocenters. The summed E-state index contributed by atoms with van der Waals surface area (Å²) in [7, 11) is 3.18. The van der Waals surface area contributed by atoms with E-state index in [1.807, 2.05) is 30.6 Å². The van der Waals surface area contributed by atoms with E-state index in [4.69, 9.17) is 9.47 Å². The summed E-state index contributed by atoms with van der Waals surface area (Å²) in [5.41, 5.74) is 0.874. The predicted octanol–water partition coefficient (Wildman–Crippen LogP) is 2.68. The molecule has 0 aliphatic heterocycles. The molecular weight excluding hydrogens is 318 g/mol. The number of benzene rings is 1. The Morgan fingerprint density at radius 2 is 2.08 bits per heavy atom. The van der Waals surface area contributed by atoms with Gasteiger partial charge < -0.3 is 19.4 Å². The number of aromatic nitrogens is 2. The smallest absolute Gasteiger partial charge is 0.244 e. The van der Waals surface area contributed by atoms with E-state index >= 15 is 0 Å². The summed E-state index contributed by atoms with van der Waals surface area (Å²) in [4.78, 5) is 16.2. The molecule has 1 heterocycles. The lowest BCUT2D eigenvalue weighted by atomic mass is 10.2.